The lowest BCUT2D eigenvalue weighted by Crippen LogP contribution is -1.97. The Balaban J connectivity index is 2.34. The Bertz CT molecular complexity index is 516. The van der Waals surface area contributed by atoms with Gasteiger partial charge in [-0.15, -0.1) is 0 Å². The standard InChI is InChI=1S/C11H9BrClN3/c12-7-1-2-8(13)11(5-7)16-10-3-4-15-6-9(10)14/h1-6H,14H2,(H,15,16). The minimum absolute atomic E-state index is 0.582. The van der Waals surface area contributed by atoms with Crippen LogP contribution in [0.2, 0.25) is 5.02 Å². The number of rotatable bonds is 2. The molecule has 1 aromatic heterocycles. The molecule has 0 unspecified atom stereocenters. The minimum Gasteiger partial charge on any atom is -0.396 e. The second kappa shape index (κ2) is 4.72. The maximum Gasteiger partial charge on any atom is 0.0739 e. The van der Waals surface area contributed by atoms with Crippen LogP contribution in [0.3, 0.4) is 0 Å². The summed E-state index contributed by atoms with van der Waals surface area (Å²) in [6.07, 6.45) is 3.26. The van der Waals surface area contributed by atoms with Crippen LogP contribution in [-0.2, 0) is 0 Å². The molecule has 5 heteroatoms. The first kappa shape index (κ1) is 11.2. The van der Waals surface area contributed by atoms with Crippen molar-refractivity contribution in [3.63, 3.8) is 0 Å². The predicted octanol–water partition coefficient (Wildman–Crippen LogP) is 3.82. The zero-order valence-electron chi connectivity index (χ0n) is 8.24. The lowest BCUT2D eigenvalue weighted by molar-refractivity contribution is 1.33. The third-order valence-electron chi connectivity index (χ3n) is 2.05. The smallest absolute Gasteiger partial charge is 0.0739 e. The Morgan fingerprint density at radius 1 is 1.25 bits per heavy atom. The first-order valence-corrected chi connectivity index (χ1v) is 5.75. The lowest BCUT2D eigenvalue weighted by Gasteiger charge is -2.10. The van der Waals surface area contributed by atoms with Crippen LogP contribution in [0.4, 0.5) is 17.1 Å². The fraction of sp³-hybridized carbons (Fsp3) is 0. The molecule has 0 spiro atoms. The topological polar surface area (TPSA) is 50.9 Å². The molecule has 2 rings (SSSR count). The van der Waals surface area contributed by atoms with Crippen LogP contribution >= 0.6 is 27.5 Å². The monoisotopic (exact) mass is 297 g/mol. The summed E-state index contributed by atoms with van der Waals surface area (Å²) in [6, 6.07) is 7.38. The number of hydrogen-bond acceptors (Lipinski definition) is 3. The average Bonchev–Trinajstić information content (AvgIpc) is 2.27. The number of nitrogens with zero attached hydrogens (tertiary/aromatic N) is 1. The highest BCUT2D eigenvalue weighted by molar-refractivity contribution is 9.10. The molecule has 3 N–H and O–H groups in total. The molecular formula is C11H9BrClN3. The van der Waals surface area contributed by atoms with Crippen molar-refractivity contribution >= 4 is 44.6 Å². The maximum atomic E-state index is 6.06. The summed E-state index contributed by atoms with van der Waals surface area (Å²) in [6.45, 7) is 0. The van der Waals surface area contributed by atoms with E-state index in [0.717, 1.165) is 15.8 Å². The van der Waals surface area contributed by atoms with E-state index in [9.17, 15) is 0 Å². The van der Waals surface area contributed by atoms with Gasteiger partial charge in [0.1, 0.15) is 0 Å². The van der Waals surface area contributed by atoms with Crippen molar-refractivity contribution in [1.29, 1.82) is 0 Å². The van der Waals surface area contributed by atoms with Crippen LogP contribution in [0.1, 0.15) is 0 Å². The van der Waals surface area contributed by atoms with E-state index in [1.165, 1.54) is 0 Å². The number of nitrogens with two attached hydrogens (primary N) is 1. The molecule has 0 saturated carbocycles. The average molecular weight is 299 g/mol. The van der Waals surface area contributed by atoms with E-state index >= 15 is 0 Å². The van der Waals surface area contributed by atoms with E-state index in [1.54, 1.807) is 18.5 Å². The van der Waals surface area contributed by atoms with Gasteiger partial charge in [-0.25, -0.2) is 0 Å². The van der Waals surface area contributed by atoms with Crippen molar-refractivity contribution in [2.45, 2.75) is 0 Å². The Kier molecular flexibility index (Phi) is 3.31. The second-order valence-electron chi connectivity index (χ2n) is 3.21. The molecule has 1 heterocycles. The van der Waals surface area contributed by atoms with Crippen LogP contribution in [0.5, 0.6) is 0 Å². The molecule has 82 valence electrons. The SMILES string of the molecule is Nc1cnccc1Nc1cc(Br)ccc1Cl. The molecule has 0 bridgehead atoms. The van der Waals surface area contributed by atoms with Crippen LogP contribution < -0.4 is 11.1 Å². The highest BCUT2D eigenvalue weighted by Gasteiger charge is 2.03. The van der Waals surface area contributed by atoms with Crippen molar-refractivity contribution in [2.75, 3.05) is 11.1 Å². The maximum absolute atomic E-state index is 6.06. The molecule has 0 radical (unpaired) electrons. The summed E-state index contributed by atoms with van der Waals surface area (Å²) >= 11 is 9.44. The molecule has 3 nitrogen and oxygen atoms in total. The quantitative estimate of drug-likeness (QED) is 0.886. The summed E-state index contributed by atoms with van der Waals surface area (Å²) in [5, 5.41) is 3.79. The fourth-order valence-corrected chi connectivity index (χ4v) is 1.78. The first-order valence-electron chi connectivity index (χ1n) is 4.58. The van der Waals surface area contributed by atoms with E-state index in [4.69, 9.17) is 17.3 Å². The van der Waals surface area contributed by atoms with Crippen molar-refractivity contribution in [3.05, 3.63) is 46.2 Å². The van der Waals surface area contributed by atoms with Gasteiger partial charge in [-0.1, -0.05) is 27.5 Å². The fourth-order valence-electron chi connectivity index (χ4n) is 1.26. The largest absolute Gasteiger partial charge is 0.396 e. The Morgan fingerprint density at radius 3 is 2.81 bits per heavy atom. The van der Waals surface area contributed by atoms with Crippen LogP contribution in [0.15, 0.2) is 41.1 Å². The molecule has 0 aliphatic rings. The molecule has 0 atom stereocenters. The molecule has 2 aromatic rings. The highest BCUT2D eigenvalue weighted by atomic mass is 79.9. The number of halogens is 2. The van der Waals surface area contributed by atoms with Gasteiger partial charge in [0.05, 0.1) is 28.3 Å². The van der Waals surface area contributed by atoms with E-state index < -0.39 is 0 Å². The second-order valence-corrected chi connectivity index (χ2v) is 4.53. The van der Waals surface area contributed by atoms with E-state index in [1.807, 2.05) is 18.2 Å². The number of nitrogens with one attached hydrogen (secondary N) is 1. The van der Waals surface area contributed by atoms with Crippen molar-refractivity contribution < 1.29 is 0 Å². The van der Waals surface area contributed by atoms with Crippen LogP contribution in [0, 0.1) is 0 Å². The number of anilines is 3. The van der Waals surface area contributed by atoms with Gasteiger partial charge in [0, 0.05) is 10.7 Å². The number of nitrogen functional groups attached to an aromatic ring is 1. The zero-order chi connectivity index (χ0) is 11.5. The summed E-state index contributed by atoms with van der Waals surface area (Å²) < 4.78 is 0.951. The highest BCUT2D eigenvalue weighted by Crippen LogP contribution is 2.30. The molecular weight excluding hydrogens is 289 g/mol. The number of aromatic nitrogens is 1. The van der Waals surface area contributed by atoms with Crippen LogP contribution in [-0.4, -0.2) is 4.98 Å². The summed E-state index contributed by atoms with van der Waals surface area (Å²) in [7, 11) is 0. The van der Waals surface area contributed by atoms with E-state index in [0.29, 0.717) is 10.7 Å². The Morgan fingerprint density at radius 2 is 2.06 bits per heavy atom. The van der Waals surface area contributed by atoms with E-state index in [-0.39, 0.29) is 0 Å². The van der Waals surface area contributed by atoms with Crippen LogP contribution in [0.25, 0.3) is 0 Å². The van der Waals surface area contributed by atoms with E-state index in [2.05, 4.69) is 26.2 Å². The molecule has 0 aliphatic carbocycles. The summed E-state index contributed by atoms with van der Waals surface area (Å²) in [4.78, 5) is 3.92. The minimum atomic E-state index is 0.582. The third-order valence-corrected chi connectivity index (χ3v) is 2.87. The molecule has 1 aromatic carbocycles. The molecule has 0 saturated heterocycles. The predicted molar refractivity (Wildman–Crippen MR) is 71.1 cm³/mol. The molecule has 0 amide bonds. The number of pyridine rings is 1. The van der Waals surface area contributed by atoms with Gasteiger partial charge in [-0.05, 0) is 24.3 Å². The van der Waals surface area contributed by atoms with Crippen molar-refractivity contribution in [3.8, 4) is 0 Å². The Hall–Kier alpha value is -1.26. The van der Waals surface area contributed by atoms with Gasteiger partial charge < -0.3 is 11.1 Å². The van der Waals surface area contributed by atoms with Gasteiger partial charge >= 0.3 is 0 Å². The summed E-state index contributed by atoms with van der Waals surface area (Å²) in [5.74, 6) is 0. The number of benzene rings is 1. The van der Waals surface area contributed by atoms with Gasteiger partial charge in [0.2, 0.25) is 0 Å². The molecule has 16 heavy (non-hydrogen) atoms. The zero-order valence-corrected chi connectivity index (χ0v) is 10.6. The first-order chi connectivity index (χ1) is 7.66. The lowest BCUT2D eigenvalue weighted by atomic mass is 10.3. The normalized spacial score (nSPS) is 10.1. The van der Waals surface area contributed by atoms with Crippen molar-refractivity contribution in [2.24, 2.45) is 0 Å². The molecule has 0 aliphatic heterocycles. The van der Waals surface area contributed by atoms with Gasteiger partial charge in [-0.3, -0.25) is 4.98 Å². The third kappa shape index (κ3) is 2.46. The Labute approximate surface area is 107 Å². The van der Waals surface area contributed by atoms with Gasteiger partial charge in [0.25, 0.3) is 0 Å². The molecule has 0 fully saturated rings. The summed E-state index contributed by atoms with van der Waals surface area (Å²) in [5.41, 5.74) is 7.95. The van der Waals surface area contributed by atoms with Crippen molar-refractivity contribution in [1.82, 2.24) is 4.98 Å². The van der Waals surface area contributed by atoms with Gasteiger partial charge in [-0.2, -0.15) is 0 Å². The number of hydrogen-bond donors (Lipinski definition) is 2. The van der Waals surface area contributed by atoms with Gasteiger partial charge in [0.15, 0.2) is 0 Å².